The number of carbonyl (C=O) groups is 1. The van der Waals surface area contributed by atoms with E-state index in [1.165, 1.54) is 0 Å². The summed E-state index contributed by atoms with van der Waals surface area (Å²) in [7, 11) is 0. The number of nitrogens with two attached hydrogens (primary N) is 1. The van der Waals surface area contributed by atoms with E-state index in [0.29, 0.717) is 41.2 Å². The number of hydrogen-bond donors (Lipinski definition) is 3. The number of pyridine rings is 1. The number of hydrogen-bond acceptors (Lipinski definition) is 6. The van der Waals surface area contributed by atoms with Gasteiger partial charge in [0.05, 0.1) is 43.2 Å². The first-order valence-electron chi connectivity index (χ1n) is 13.0. The summed E-state index contributed by atoms with van der Waals surface area (Å²) in [6.45, 7) is 8.39. The number of aromatic nitrogens is 1. The van der Waals surface area contributed by atoms with Gasteiger partial charge in [-0.3, -0.25) is 15.2 Å². The molecule has 5 rings (SSSR count). The van der Waals surface area contributed by atoms with Crippen molar-refractivity contribution in [3.63, 3.8) is 0 Å². The fourth-order valence-electron chi connectivity index (χ4n) is 4.70. The highest BCUT2D eigenvalue weighted by molar-refractivity contribution is 6.15. The Morgan fingerprint density at radius 1 is 1.05 bits per heavy atom. The van der Waals surface area contributed by atoms with Crippen molar-refractivity contribution in [2.45, 2.75) is 52.2 Å². The number of ether oxygens (including phenoxy) is 1. The maximum Gasteiger partial charge on any atom is 0.251 e. The van der Waals surface area contributed by atoms with Crippen molar-refractivity contribution in [1.82, 2.24) is 10.3 Å². The third-order valence-electron chi connectivity index (χ3n) is 6.44. The van der Waals surface area contributed by atoms with E-state index in [9.17, 15) is 4.79 Å². The van der Waals surface area contributed by atoms with Crippen molar-refractivity contribution in [2.24, 2.45) is 5.92 Å². The fourth-order valence-corrected chi connectivity index (χ4v) is 4.70. The van der Waals surface area contributed by atoms with Crippen LogP contribution < -0.4 is 16.0 Å². The van der Waals surface area contributed by atoms with Gasteiger partial charge < -0.3 is 20.7 Å². The van der Waals surface area contributed by atoms with Gasteiger partial charge in [0.25, 0.3) is 5.91 Å². The van der Waals surface area contributed by atoms with E-state index >= 15 is 0 Å². The van der Waals surface area contributed by atoms with Crippen molar-refractivity contribution < 1.29 is 9.53 Å². The molecule has 194 valence electrons. The number of amides is 1. The molecule has 7 heteroatoms. The smallest absolute Gasteiger partial charge is 0.251 e. The molecule has 2 fully saturated rings. The lowest BCUT2D eigenvalue weighted by molar-refractivity contribution is 0.0906. The van der Waals surface area contributed by atoms with Gasteiger partial charge in [-0.2, -0.15) is 0 Å². The lowest BCUT2D eigenvalue weighted by Crippen LogP contribution is -2.45. The summed E-state index contributed by atoms with van der Waals surface area (Å²) < 4.78 is 5.69. The van der Waals surface area contributed by atoms with Crippen molar-refractivity contribution in [2.75, 3.05) is 23.8 Å². The Kier molecular flexibility index (Phi) is 8.56. The Morgan fingerprint density at radius 2 is 1.70 bits per heavy atom. The molecule has 3 heterocycles. The van der Waals surface area contributed by atoms with Gasteiger partial charge in [0.2, 0.25) is 0 Å². The van der Waals surface area contributed by atoms with Crippen LogP contribution in [-0.2, 0) is 11.3 Å². The molecule has 1 amide bonds. The van der Waals surface area contributed by atoms with E-state index in [0.717, 1.165) is 48.9 Å². The van der Waals surface area contributed by atoms with Gasteiger partial charge in [-0.1, -0.05) is 39.0 Å². The molecule has 2 unspecified atom stereocenters. The van der Waals surface area contributed by atoms with E-state index in [1.807, 2.05) is 30.3 Å². The van der Waals surface area contributed by atoms with Gasteiger partial charge in [-0.25, -0.2) is 0 Å². The topological polar surface area (TPSA) is 104 Å². The van der Waals surface area contributed by atoms with E-state index in [1.54, 1.807) is 24.4 Å². The second kappa shape index (κ2) is 12.0. The molecule has 0 saturated carbocycles. The first-order chi connectivity index (χ1) is 17.8. The monoisotopic (exact) mass is 499 g/mol. The van der Waals surface area contributed by atoms with Gasteiger partial charge in [0, 0.05) is 34.3 Å². The van der Waals surface area contributed by atoms with Crippen LogP contribution >= 0.6 is 0 Å². The van der Waals surface area contributed by atoms with Crippen LogP contribution in [0, 0.1) is 11.3 Å². The van der Waals surface area contributed by atoms with Crippen LogP contribution in [0.25, 0.3) is 0 Å². The molecular formula is C30H37N5O2. The molecule has 3 aromatic rings. The van der Waals surface area contributed by atoms with Crippen LogP contribution in [0.3, 0.4) is 0 Å². The predicted octanol–water partition coefficient (Wildman–Crippen LogP) is 5.04. The number of nitrogens with zero attached hydrogens (tertiary/aromatic N) is 2. The summed E-state index contributed by atoms with van der Waals surface area (Å²) in [6, 6.07) is 19.5. The highest BCUT2D eigenvalue weighted by Gasteiger charge is 2.37. The minimum absolute atomic E-state index is 0.229. The summed E-state index contributed by atoms with van der Waals surface area (Å²) >= 11 is 0. The maximum atomic E-state index is 12.7. The molecule has 7 nitrogen and oxygen atoms in total. The average molecular weight is 500 g/mol. The highest BCUT2D eigenvalue weighted by Crippen LogP contribution is 2.34. The zero-order valence-corrected chi connectivity index (χ0v) is 21.9. The van der Waals surface area contributed by atoms with E-state index in [-0.39, 0.29) is 5.91 Å². The van der Waals surface area contributed by atoms with Crippen LogP contribution in [0.1, 0.15) is 60.8 Å². The Hall–Kier alpha value is -3.71. The van der Waals surface area contributed by atoms with Crippen LogP contribution in [0.5, 0.6) is 0 Å². The van der Waals surface area contributed by atoms with Crippen LogP contribution in [0.15, 0.2) is 66.9 Å². The van der Waals surface area contributed by atoms with Crippen LogP contribution in [0.2, 0.25) is 0 Å². The van der Waals surface area contributed by atoms with Crippen molar-refractivity contribution in [3.05, 3.63) is 89.2 Å². The molecule has 2 aromatic carbocycles. The van der Waals surface area contributed by atoms with Crippen molar-refractivity contribution in [3.8, 4) is 0 Å². The molecule has 4 N–H and O–H groups in total. The molecule has 2 bridgehead atoms. The lowest BCUT2D eigenvalue weighted by Gasteiger charge is -2.36. The van der Waals surface area contributed by atoms with Gasteiger partial charge in [0.15, 0.2) is 0 Å². The number of nitrogen functional groups attached to an aromatic ring is 1. The number of carbonyl (C=O) groups excluding carboxylic acids is 1. The second-order valence-corrected chi connectivity index (χ2v) is 10.3. The quantitative estimate of drug-likeness (QED) is 0.326. The highest BCUT2D eigenvalue weighted by atomic mass is 16.5. The predicted molar refractivity (Wildman–Crippen MR) is 149 cm³/mol. The zero-order chi connectivity index (χ0) is 26.4. The second-order valence-electron chi connectivity index (χ2n) is 10.3. The van der Waals surface area contributed by atoms with E-state index in [4.69, 9.17) is 15.9 Å². The Labute approximate surface area is 219 Å². The molecule has 0 radical (unpaired) electrons. The Morgan fingerprint density at radius 3 is 2.32 bits per heavy atom. The number of rotatable bonds is 6. The van der Waals surface area contributed by atoms with Crippen molar-refractivity contribution >= 4 is 23.0 Å². The average Bonchev–Trinajstić information content (AvgIpc) is 3.15. The first-order valence-corrected chi connectivity index (χ1v) is 13.0. The van der Waals surface area contributed by atoms with E-state index in [2.05, 4.69) is 48.1 Å². The Bertz CT molecular complexity index is 1190. The Balaban J connectivity index is 0.000000747. The third-order valence-corrected chi connectivity index (χ3v) is 6.44. The molecular weight excluding hydrogens is 462 g/mol. The normalized spacial score (nSPS) is 18.2. The number of morpholine rings is 1. The summed E-state index contributed by atoms with van der Waals surface area (Å²) in [5, 5.41) is 11.6. The maximum absolute atomic E-state index is 12.7. The van der Waals surface area contributed by atoms with Crippen molar-refractivity contribution in [1.29, 1.82) is 5.41 Å². The first kappa shape index (κ1) is 26.4. The van der Waals surface area contributed by atoms with Gasteiger partial charge >= 0.3 is 0 Å². The van der Waals surface area contributed by atoms with Crippen LogP contribution in [0.4, 0.5) is 11.4 Å². The SMILES string of the molecule is CC(C)C.N=C(c1ccc(N2C3CCC2COC3)cc1)c1cc(C(=O)NCc2ccccn2)ccc1N. The number of fused-ring (bicyclic) bond motifs is 2. The fraction of sp³-hybridized carbons (Fsp3) is 0.367. The standard InChI is InChI=1S/C26H27N5O2.C4H10/c27-24-11-6-18(26(32)30-14-19-3-1-2-12-29-19)13-23(24)25(28)17-4-7-20(8-5-17)31-21-9-10-22(31)16-33-15-21;1-4(2)3/h1-8,11-13,21-22,28H,9-10,14-16,27H2,(H,30,32);4H,1-3H3. The molecule has 37 heavy (non-hydrogen) atoms. The molecule has 0 spiro atoms. The number of nitrogens with one attached hydrogen (secondary N) is 2. The summed E-state index contributed by atoms with van der Waals surface area (Å²) in [5.41, 5.74) is 10.7. The minimum atomic E-state index is -0.229. The number of benzene rings is 2. The number of anilines is 2. The largest absolute Gasteiger partial charge is 0.398 e. The molecule has 2 atom stereocenters. The molecule has 2 saturated heterocycles. The van der Waals surface area contributed by atoms with Gasteiger partial charge in [0.1, 0.15) is 0 Å². The zero-order valence-electron chi connectivity index (χ0n) is 21.9. The van der Waals surface area contributed by atoms with E-state index < -0.39 is 0 Å². The van der Waals surface area contributed by atoms with Crippen LogP contribution in [-0.4, -0.2) is 41.9 Å². The molecule has 2 aliphatic rings. The van der Waals surface area contributed by atoms with Gasteiger partial charge in [-0.15, -0.1) is 0 Å². The van der Waals surface area contributed by atoms with Gasteiger partial charge in [-0.05, 0) is 61.2 Å². The molecule has 1 aromatic heterocycles. The molecule has 2 aliphatic heterocycles. The summed E-state index contributed by atoms with van der Waals surface area (Å²) in [6.07, 6.45) is 4.02. The minimum Gasteiger partial charge on any atom is -0.398 e. The summed E-state index contributed by atoms with van der Waals surface area (Å²) in [4.78, 5) is 19.3. The third kappa shape index (κ3) is 6.54. The summed E-state index contributed by atoms with van der Waals surface area (Å²) in [5.74, 6) is 0.604. The molecule has 0 aliphatic carbocycles. The lowest BCUT2D eigenvalue weighted by atomic mass is 9.98.